The Labute approximate surface area is 203 Å². The van der Waals surface area contributed by atoms with E-state index in [4.69, 9.17) is 11.6 Å². The van der Waals surface area contributed by atoms with Crippen LogP contribution in [0.3, 0.4) is 0 Å². The van der Waals surface area contributed by atoms with Crippen LogP contribution in [0.25, 0.3) is 11.4 Å². The van der Waals surface area contributed by atoms with E-state index in [1.165, 1.54) is 11.8 Å². The summed E-state index contributed by atoms with van der Waals surface area (Å²) in [4.78, 5) is 13.0. The Balaban J connectivity index is 1.63. The maximum atomic E-state index is 13.0. The first-order chi connectivity index (χ1) is 15.9. The van der Waals surface area contributed by atoms with Gasteiger partial charge in [0.2, 0.25) is 5.91 Å². The van der Waals surface area contributed by atoms with E-state index in [0.717, 1.165) is 27.9 Å². The van der Waals surface area contributed by atoms with Crippen molar-refractivity contribution in [1.29, 1.82) is 0 Å². The van der Waals surface area contributed by atoms with Crippen LogP contribution in [0, 0.1) is 13.8 Å². The average molecular weight is 477 g/mol. The van der Waals surface area contributed by atoms with Crippen molar-refractivity contribution >= 4 is 35.0 Å². The van der Waals surface area contributed by atoms with Crippen molar-refractivity contribution in [2.24, 2.45) is 0 Å². The number of thioether (sulfide) groups is 1. The van der Waals surface area contributed by atoms with Crippen molar-refractivity contribution in [1.82, 2.24) is 14.8 Å². The van der Waals surface area contributed by atoms with Gasteiger partial charge in [-0.2, -0.15) is 0 Å². The van der Waals surface area contributed by atoms with Crippen LogP contribution in [0.5, 0.6) is 0 Å². The first-order valence-corrected chi connectivity index (χ1v) is 12.0. The highest BCUT2D eigenvalue weighted by Gasteiger charge is 2.22. The predicted molar refractivity (Wildman–Crippen MR) is 136 cm³/mol. The second-order valence-corrected chi connectivity index (χ2v) is 9.59. The quantitative estimate of drug-likeness (QED) is 0.314. The second-order valence-electron chi connectivity index (χ2n) is 7.87. The molecule has 0 saturated carbocycles. The van der Waals surface area contributed by atoms with Crippen molar-refractivity contribution in [2.45, 2.75) is 37.7 Å². The van der Waals surface area contributed by atoms with Crippen molar-refractivity contribution in [3.05, 3.63) is 94.5 Å². The van der Waals surface area contributed by atoms with E-state index >= 15 is 0 Å². The van der Waals surface area contributed by atoms with Crippen LogP contribution in [-0.2, 0) is 11.3 Å². The molecular formula is C26H25ClN4OS. The lowest BCUT2D eigenvalue weighted by atomic mass is 10.1. The van der Waals surface area contributed by atoms with Crippen molar-refractivity contribution in [2.75, 3.05) is 5.32 Å². The van der Waals surface area contributed by atoms with Gasteiger partial charge in [0.15, 0.2) is 11.0 Å². The number of aryl methyl sites for hydroxylation is 2. The topological polar surface area (TPSA) is 59.8 Å². The van der Waals surface area contributed by atoms with Crippen LogP contribution in [-0.4, -0.2) is 25.9 Å². The summed E-state index contributed by atoms with van der Waals surface area (Å²) in [7, 11) is 0. The van der Waals surface area contributed by atoms with Gasteiger partial charge in [0.1, 0.15) is 0 Å². The molecule has 1 heterocycles. The predicted octanol–water partition coefficient (Wildman–Crippen LogP) is 6.38. The molecule has 1 unspecified atom stereocenters. The molecule has 33 heavy (non-hydrogen) atoms. The number of hydrogen-bond donors (Lipinski definition) is 1. The van der Waals surface area contributed by atoms with Crippen molar-refractivity contribution in [3.63, 3.8) is 0 Å². The van der Waals surface area contributed by atoms with Crippen LogP contribution >= 0.6 is 23.4 Å². The minimum absolute atomic E-state index is 0.0778. The number of anilines is 1. The van der Waals surface area contributed by atoms with Gasteiger partial charge in [0, 0.05) is 11.3 Å². The Morgan fingerprint density at radius 1 is 0.970 bits per heavy atom. The van der Waals surface area contributed by atoms with Crippen molar-refractivity contribution < 1.29 is 4.79 Å². The fourth-order valence-electron chi connectivity index (χ4n) is 3.57. The largest absolute Gasteiger partial charge is 0.325 e. The number of hydrogen-bond acceptors (Lipinski definition) is 4. The summed E-state index contributed by atoms with van der Waals surface area (Å²) in [5.41, 5.74) is 4.85. The van der Waals surface area contributed by atoms with Crippen LogP contribution in [0.15, 0.2) is 78.0 Å². The molecule has 0 fully saturated rings. The molecule has 0 aliphatic carbocycles. The van der Waals surface area contributed by atoms with Gasteiger partial charge in [-0.1, -0.05) is 84.0 Å². The van der Waals surface area contributed by atoms with E-state index < -0.39 is 0 Å². The zero-order valence-corrected chi connectivity index (χ0v) is 20.3. The number of nitrogens with one attached hydrogen (secondary N) is 1. The SMILES string of the molecule is Cc1cccc(C)c1NC(=O)C(C)Sc1nnc(-c2ccccc2Cl)n1Cc1ccccc1. The maximum Gasteiger partial charge on any atom is 0.237 e. The van der Waals surface area contributed by atoms with E-state index in [2.05, 4.69) is 27.6 Å². The number of carbonyl (C=O) groups excluding carboxylic acids is 1. The lowest BCUT2D eigenvalue weighted by Gasteiger charge is -2.16. The van der Waals surface area contributed by atoms with Gasteiger partial charge >= 0.3 is 0 Å². The molecule has 4 rings (SSSR count). The Bertz CT molecular complexity index is 1250. The van der Waals surface area contributed by atoms with E-state index in [1.807, 2.05) is 86.0 Å². The van der Waals surface area contributed by atoms with Crippen LogP contribution in [0.2, 0.25) is 5.02 Å². The normalized spacial score (nSPS) is 11.9. The van der Waals surface area contributed by atoms with E-state index in [-0.39, 0.29) is 11.2 Å². The molecule has 0 aliphatic rings. The molecule has 0 bridgehead atoms. The van der Waals surface area contributed by atoms with Crippen LogP contribution in [0.1, 0.15) is 23.6 Å². The first kappa shape index (κ1) is 23.1. The average Bonchev–Trinajstić information content (AvgIpc) is 3.19. The molecule has 1 amide bonds. The lowest BCUT2D eigenvalue weighted by Crippen LogP contribution is -2.24. The molecule has 168 valence electrons. The van der Waals surface area contributed by atoms with Crippen LogP contribution in [0.4, 0.5) is 5.69 Å². The smallest absolute Gasteiger partial charge is 0.237 e. The highest BCUT2D eigenvalue weighted by atomic mass is 35.5. The van der Waals surface area contributed by atoms with Gasteiger partial charge in [0.25, 0.3) is 0 Å². The summed E-state index contributed by atoms with van der Waals surface area (Å²) in [5.74, 6) is 0.597. The molecular weight excluding hydrogens is 452 g/mol. The molecule has 0 spiro atoms. The third kappa shape index (κ3) is 5.29. The molecule has 3 aromatic carbocycles. The summed E-state index contributed by atoms with van der Waals surface area (Å²) in [6.45, 7) is 6.44. The third-order valence-corrected chi connectivity index (χ3v) is 6.81. The summed E-state index contributed by atoms with van der Waals surface area (Å²) >= 11 is 7.85. The highest BCUT2D eigenvalue weighted by Crippen LogP contribution is 2.32. The summed E-state index contributed by atoms with van der Waals surface area (Å²) in [5, 5.41) is 12.9. The number of carbonyl (C=O) groups is 1. The molecule has 5 nitrogen and oxygen atoms in total. The van der Waals surface area contributed by atoms with E-state index in [1.54, 1.807) is 0 Å². The van der Waals surface area contributed by atoms with Gasteiger partial charge in [-0.15, -0.1) is 10.2 Å². The molecule has 7 heteroatoms. The highest BCUT2D eigenvalue weighted by molar-refractivity contribution is 8.00. The fourth-order valence-corrected chi connectivity index (χ4v) is 4.64. The minimum Gasteiger partial charge on any atom is -0.325 e. The second kappa shape index (κ2) is 10.2. The molecule has 0 saturated heterocycles. The monoisotopic (exact) mass is 476 g/mol. The third-order valence-electron chi connectivity index (χ3n) is 5.40. The van der Waals surface area contributed by atoms with E-state index in [0.29, 0.717) is 22.5 Å². The van der Waals surface area contributed by atoms with Crippen LogP contribution < -0.4 is 5.32 Å². The molecule has 1 atom stereocenters. The first-order valence-electron chi connectivity index (χ1n) is 10.7. The fraction of sp³-hybridized carbons (Fsp3) is 0.192. The molecule has 0 radical (unpaired) electrons. The molecule has 0 aliphatic heterocycles. The van der Waals surface area contributed by atoms with Gasteiger partial charge in [-0.05, 0) is 49.6 Å². The number of rotatable bonds is 7. The molecule has 1 aromatic heterocycles. The zero-order valence-electron chi connectivity index (χ0n) is 18.7. The minimum atomic E-state index is -0.373. The maximum absolute atomic E-state index is 13.0. The number of nitrogens with zero attached hydrogens (tertiary/aromatic N) is 3. The van der Waals surface area contributed by atoms with Gasteiger partial charge in [0.05, 0.1) is 16.8 Å². The molecule has 1 N–H and O–H groups in total. The van der Waals surface area contributed by atoms with Gasteiger partial charge < -0.3 is 5.32 Å². The summed E-state index contributed by atoms with van der Waals surface area (Å²) in [6, 6.07) is 23.7. The van der Waals surface area contributed by atoms with Gasteiger partial charge in [-0.3, -0.25) is 9.36 Å². The Hall–Kier alpha value is -3.09. The number of benzene rings is 3. The summed E-state index contributed by atoms with van der Waals surface area (Å²) in [6.07, 6.45) is 0. The standard InChI is InChI=1S/C26H25ClN4OS/c1-17-10-9-11-18(2)23(17)28-25(32)19(3)33-26-30-29-24(21-14-7-8-15-22(21)27)31(26)16-20-12-5-4-6-13-20/h4-15,19H,16H2,1-3H3,(H,28,32). The van der Waals surface area contributed by atoms with Crippen molar-refractivity contribution in [3.8, 4) is 11.4 Å². The zero-order chi connectivity index (χ0) is 23.4. The van der Waals surface area contributed by atoms with E-state index in [9.17, 15) is 4.79 Å². The lowest BCUT2D eigenvalue weighted by molar-refractivity contribution is -0.115. The number of para-hydroxylation sites is 1. The number of aromatic nitrogens is 3. The Morgan fingerprint density at radius 3 is 2.33 bits per heavy atom. The number of amides is 1. The number of halogens is 1. The van der Waals surface area contributed by atoms with Gasteiger partial charge in [-0.25, -0.2) is 0 Å². The Kier molecular flexibility index (Phi) is 7.16. The molecule has 4 aromatic rings. The Morgan fingerprint density at radius 2 is 1.64 bits per heavy atom. The summed E-state index contributed by atoms with van der Waals surface area (Å²) < 4.78 is 2.02.